The summed E-state index contributed by atoms with van der Waals surface area (Å²) in [5.74, 6) is 0. The van der Waals surface area contributed by atoms with E-state index in [0.717, 1.165) is 5.25 Å². The largest absolute Gasteiger partial charge is 0.376 e. The monoisotopic (exact) mass is 204 g/mol. The molecule has 0 unspecified atom stereocenters. The molecule has 0 saturated heterocycles. The second kappa shape index (κ2) is 4.92. The topological polar surface area (TPSA) is 38.0 Å². The van der Waals surface area contributed by atoms with Crippen molar-refractivity contribution < 1.29 is 0 Å². The van der Waals surface area contributed by atoms with E-state index in [2.05, 4.69) is 11.6 Å². The van der Waals surface area contributed by atoms with E-state index < -0.39 is 0 Å². The lowest BCUT2D eigenvalue weighted by Crippen LogP contribution is -2.40. The molecule has 0 amide bonds. The number of thioether (sulfide) groups is 1. The van der Waals surface area contributed by atoms with Crippen molar-refractivity contribution in [1.82, 2.24) is 5.32 Å². The first-order chi connectivity index (χ1) is 5.72. The Kier molecular flexibility index (Phi) is 4.15. The molecule has 0 radical (unpaired) electrons. The molecule has 0 aliphatic heterocycles. The molecule has 70 valence electrons. The first kappa shape index (κ1) is 10.1. The Morgan fingerprint density at radius 3 is 2.42 bits per heavy atom. The third-order valence-electron chi connectivity index (χ3n) is 2.35. The van der Waals surface area contributed by atoms with E-state index in [1.165, 1.54) is 25.7 Å². The zero-order chi connectivity index (χ0) is 8.97. The van der Waals surface area contributed by atoms with Gasteiger partial charge in [0.05, 0.1) is 0 Å². The molecule has 0 aromatic rings. The highest BCUT2D eigenvalue weighted by molar-refractivity contribution is 7.99. The highest BCUT2D eigenvalue weighted by atomic mass is 32.2. The van der Waals surface area contributed by atoms with Crippen LogP contribution in [0, 0.1) is 0 Å². The van der Waals surface area contributed by atoms with Crippen molar-refractivity contribution in [2.75, 3.05) is 6.26 Å². The van der Waals surface area contributed by atoms with Gasteiger partial charge in [-0.1, -0.05) is 0 Å². The highest BCUT2D eigenvalue weighted by Gasteiger charge is 2.19. The summed E-state index contributed by atoms with van der Waals surface area (Å²) in [6.07, 6.45) is 7.20. The molecular weight excluding hydrogens is 188 g/mol. The number of thiocarbonyl (C=S) groups is 1. The van der Waals surface area contributed by atoms with E-state index in [-0.39, 0.29) is 0 Å². The maximum absolute atomic E-state index is 5.41. The zero-order valence-electron chi connectivity index (χ0n) is 7.38. The molecule has 2 nitrogen and oxygen atoms in total. The molecular formula is C8H16N2S2. The van der Waals surface area contributed by atoms with Crippen LogP contribution in [0.4, 0.5) is 0 Å². The lowest BCUT2D eigenvalue weighted by Gasteiger charge is -2.28. The average Bonchev–Trinajstić information content (AvgIpc) is 2.05. The number of hydrogen-bond acceptors (Lipinski definition) is 2. The van der Waals surface area contributed by atoms with Gasteiger partial charge in [-0.05, 0) is 44.2 Å². The van der Waals surface area contributed by atoms with E-state index in [9.17, 15) is 0 Å². The third-order valence-corrected chi connectivity index (χ3v) is 3.61. The molecule has 0 bridgehead atoms. The molecule has 1 aliphatic carbocycles. The minimum absolute atomic E-state index is 0.447. The Labute approximate surface area is 83.7 Å². The van der Waals surface area contributed by atoms with Gasteiger partial charge in [-0.25, -0.2) is 0 Å². The molecule has 1 fully saturated rings. The van der Waals surface area contributed by atoms with Crippen LogP contribution in [-0.4, -0.2) is 22.7 Å². The number of nitrogens with one attached hydrogen (secondary N) is 1. The fourth-order valence-corrected chi connectivity index (χ4v) is 2.55. The Morgan fingerprint density at radius 2 is 2.00 bits per heavy atom. The summed E-state index contributed by atoms with van der Waals surface area (Å²) >= 11 is 6.77. The molecule has 0 spiro atoms. The molecule has 12 heavy (non-hydrogen) atoms. The quantitative estimate of drug-likeness (QED) is 0.669. The van der Waals surface area contributed by atoms with E-state index in [1.807, 2.05) is 11.8 Å². The Balaban J connectivity index is 2.21. The summed E-state index contributed by atoms with van der Waals surface area (Å²) in [5, 5.41) is 4.43. The van der Waals surface area contributed by atoms with Crippen molar-refractivity contribution in [1.29, 1.82) is 0 Å². The first-order valence-electron chi connectivity index (χ1n) is 4.31. The van der Waals surface area contributed by atoms with Gasteiger partial charge in [-0.3, -0.25) is 0 Å². The van der Waals surface area contributed by atoms with E-state index in [0.29, 0.717) is 11.2 Å². The van der Waals surface area contributed by atoms with Crippen molar-refractivity contribution in [3.8, 4) is 0 Å². The standard InChI is InChI=1S/C8H16N2S2/c1-12-7-4-2-6(3-5-7)10-8(9)11/h6-7H,2-5H2,1H3,(H3,9,10,11). The molecule has 1 rings (SSSR count). The van der Waals surface area contributed by atoms with Crippen molar-refractivity contribution >= 4 is 29.1 Å². The van der Waals surface area contributed by atoms with Crippen LogP contribution in [-0.2, 0) is 0 Å². The molecule has 3 N–H and O–H groups in total. The highest BCUT2D eigenvalue weighted by Crippen LogP contribution is 2.26. The lowest BCUT2D eigenvalue weighted by atomic mass is 9.95. The van der Waals surface area contributed by atoms with Crippen LogP contribution >= 0.6 is 24.0 Å². The van der Waals surface area contributed by atoms with Gasteiger partial charge in [0.15, 0.2) is 5.11 Å². The summed E-state index contributed by atoms with van der Waals surface area (Å²) in [7, 11) is 0. The molecule has 0 heterocycles. The predicted molar refractivity (Wildman–Crippen MR) is 59.5 cm³/mol. The molecule has 4 heteroatoms. The van der Waals surface area contributed by atoms with Gasteiger partial charge in [-0.2, -0.15) is 11.8 Å². The van der Waals surface area contributed by atoms with Crippen molar-refractivity contribution in [2.45, 2.75) is 37.0 Å². The summed E-state index contributed by atoms with van der Waals surface area (Å²) in [6, 6.07) is 0.533. The van der Waals surface area contributed by atoms with Crippen LogP contribution in [0.15, 0.2) is 0 Å². The van der Waals surface area contributed by atoms with Gasteiger partial charge in [-0.15, -0.1) is 0 Å². The molecule has 0 atom stereocenters. The van der Waals surface area contributed by atoms with Gasteiger partial charge in [0.2, 0.25) is 0 Å². The van der Waals surface area contributed by atoms with Crippen LogP contribution in [0.3, 0.4) is 0 Å². The lowest BCUT2D eigenvalue weighted by molar-refractivity contribution is 0.422. The van der Waals surface area contributed by atoms with Crippen LogP contribution in [0.5, 0.6) is 0 Å². The third kappa shape index (κ3) is 3.19. The van der Waals surface area contributed by atoms with Crippen molar-refractivity contribution in [2.24, 2.45) is 5.73 Å². The van der Waals surface area contributed by atoms with E-state index in [1.54, 1.807) is 0 Å². The van der Waals surface area contributed by atoms with Gasteiger partial charge in [0, 0.05) is 11.3 Å². The van der Waals surface area contributed by atoms with Gasteiger partial charge in [0.1, 0.15) is 0 Å². The maximum Gasteiger partial charge on any atom is 0.163 e. The SMILES string of the molecule is CSC1CCC(NC(N)=S)CC1. The van der Waals surface area contributed by atoms with Crippen LogP contribution in [0.2, 0.25) is 0 Å². The number of rotatable bonds is 2. The Hall–Kier alpha value is 0.0400. The van der Waals surface area contributed by atoms with Gasteiger partial charge >= 0.3 is 0 Å². The second-order valence-electron chi connectivity index (χ2n) is 3.22. The molecule has 0 aromatic heterocycles. The number of hydrogen-bond donors (Lipinski definition) is 2. The van der Waals surface area contributed by atoms with Crippen LogP contribution < -0.4 is 11.1 Å². The fraction of sp³-hybridized carbons (Fsp3) is 0.875. The molecule has 1 aliphatic rings. The maximum atomic E-state index is 5.41. The summed E-state index contributed by atoms with van der Waals surface area (Å²) in [6.45, 7) is 0. The van der Waals surface area contributed by atoms with Crippen LogP contribution in [0.1, 0.15) is 25.7 Å². The van der Waals surface area contributed by atoms with E-state index >= 15 is 0 Å². The summed E-state index contributed by atoms with van der Waals surface area (Å²) < 4.78 is 0. The smallest absolute Gasteiger partial charge is 0.163 e. The molecule has 0 aromatic carbocycles. The Morgan fingerprint density at radius 1 is 1.42 bits per heavy atom. The normalized spacial score (nSPS) is 29.8. The van der Waals surface area contributed by atoms with Crippen molar-refractivity contribution in [3.63, 3.8) is 0 Å². The minimum atomic E-state index is 0.447. The summed E-state index contributed by atoms with van der Waals surface area (Å²) in [5.41, 5.74) is 5.41. The summed E-state index contributed by atoms with van der Waals surface area (Å²) in [4.78, 5) is 0. The van der Waals surface area contributed by atoms with Gasteiger partial charge in [0.25, 0.3) is 0 Å². The van der Waals surface area contributed by atoms with E-state index in [4.69, 9.17) is 18.0 Å². The van der Waals surface area contributed by atoms with Gasteiger partial charge < -0.3 is 11.1 Å². The molecule has 1 saturated carbocycles. The zero-order valence-corrected chi connectivity index (χ0v) is 9.01. The number of nitrogens with two attached hydrogens (primary N) is 1. The second-order valence-corrected chi connectivity index (χ2v) is 4.80. The minimum Gasteiger partial charge on any atom is -0.376 e. The first-order valence-corrected chi connectivity index (χ1v) is 6.00. The fourth-order valence-electron chi connectivity index (χ4n) is 1.64. The average molecular weight is 204 g/mol. The Bertz CT molecular complexity index is 153. The van der Waals surface area contributed by atoms with Crippen LogP contribution in [0.25, 0.3) is 0 Å². The predicted octanol–water partition coefficient (Wildman–Crippen LogP) is 1.49. The van der Waals surface area contributed by atoms with Crippen molar-refractivity contribution in [3.05, 3.63) is 0 Å².